The first-order valence-corrected chi connectivity index (χ1v) is 25.2. The Labute approximate surface area is 421 Å². The number of para-hydroxylation sites is 4. The molecule has 0 bridgehead atoms. The van der Waals surface area contributed by atoms with E-state index in [9.17, 15) is 0 Å². The van der Waals surface area contributed by atoms with Crippen molar-refractivity contribution in [3.63, 3.8) is 0 Å². The van der Waals surface area contributed by atoms with Gasteiger partial charge in [-0.3, -0.25) is 0 Å². The van der Waals surface area contributed by atoms with Gasteiger partial charge in [-0.05, 0) is 115 Å². The fourth-order valence-corrected chi connectivity index (χ4v) is 12.9. The zero-order chi connectivity index (χ0) is 48.0. The van der Waals surface area contributed by atoms with Crippen LogP contribution < -0.4 is 4.90 Å². The van der Waals surface area contributed by atoms with E-state index in [1.165, 1.54) is 88.6 Å². The van der Waals surface area contributed by atoms with Crippen molar-refractivity contribution < 1.29 is 0 Å². The monoisotopic (exact) mass is 918 g/mol. The van der Waals surface area contributed by atoms with Crippen LogP contribution in [-0.4, -0.2) is 4.57 Å². The summed E-state index contributed by atoms with van der Waals surface area (Å²) in [7, 11) is 0. The lowest BCUT2D eigenvalue weighted by atomic mass is 9.55. The van der Waals surface area contributed by atoms with Gasteiger partial charge in [0.15, 0.2) is 0 Å². The van der Waals surface area contributed by atoms with E-state index in [-0.39, 0.29) is 5.41 Å². The predicted octanol–water partition coefficient (Wildman–Crippen LogP) is 18.3. The summed E-state index contributed by atoms with van der Waals surface area (Å²) in [5.41, 5.74) is 23.8. The fraction of sp³-hybridized carbons (Fsp3) is 0.0571. The molecule has 72 heavy (non-hydrogen) atoms. The van der Waals surface area contributed by atoms with E-state index in [1.807, 2.05) is 0 Å². The van der Waals surface area contributed by atoms with Gasteiger partial charge < -0.3 is 9.47 Å². The van der Waals surface area contributed by atoms with Crippen LogP contribution in [0.4, 0.5) is 17.1 Å². The van der Waals surface area contributed by atoms with Crippen LogP contribution in [0.3, 0.4) is 0 Å². The third kappa shape index (κ3) is 6.02. The van der Waals surface area contributed by atoms with Gasteiger partial charge in [0.1, 0.15) is 0 Å². The highest BCUT2D eigenvalue weighted by molar-refractivity contribution is 6.15. The molecule has 2 aliphatic rings. The van der Waals surface area contributed by atoms with Crippen LogP contribution >= 0.6 is 0 Å². The maximum Gasteiger partial charge on any atom is 0.0782 e. The first-order valence-electron chi connectivity index (χ1n) is 25.2. The van der Waals surface area contributed by atoms with Crippen molar-refractivity contribution in [1.82, 2.24) is 4.57 Å². The molecule has 12 aromatic rings. The lowest BCUT2D eigenvalue weighted by Gasteiger charge is -2.46. The molecular weight excluding hydrogens is 869 g/mol. The Morgan fingerprint density at radius 2 is 0.792 bits per heavy atom. The summed E-state index contributed by atoms with van der Waals surface area (Å²) in [4.78, 5) is 2.55. The molecule has 340 valence electrons. The van der Waals surface area contributed by atoms with Gasteiger partial charge in [-0.1, -0.05) is 238 Å². The zero-order valence-corrected chi connectivity index (χ0v) is 40.3. The number of anilines is 3. The van der Waals surface area contributed by atoms with E-state index in [2.05, 4.69) is 290 Å². The smallest absolute Gasteiger partial charge is 0.0782 e. The maximum atomic E-state index is 2.55. The van der Waals surface area contributed by atoms with Crippen LogP contribution in [0.2, 0.25) is 0 Å². The Morgan fingerprint density at radius 1 is 0.319 bits per heavy atom. The van der Waals surface area contributed by atoms with Crippen molar-refractivity contribution in [1.29, 1.82) is 0 Å². The van der Waals surface area contributed by atoms with Gasteiger partial charge in [-0.25, -0.2) is 0 Å². The summed E-state index contributed by atoms with van der Waals surface area (Å²) in [5, 5.41) is 2.42. The molecule has 1 heterocycles. The van der Waals surface area contributed by atoms with E-state index in [0.29, 0.717) is 0 Å². The Hall–Kier alpha value is -8.98. The minimum absolute atomic E-state index is 0.176. The van der Waals surface area contributed by atoms with Crippen LogP contribution in [0, 0.1) is 0 Å². The van der Waals surface area contributed by atoms with Gasteiger partial charge in [0.2, 0.25) is 0 Å². The molecule has 0 aliphatic heterocycles. The number of hydrogen-bond donors (Lipinski definition) is 0. The van der Waals surface area contributed by atoms with Gasteiger partial charge >= 0.3 is 0 Å². The molecule has 2 heteroatoms. The van der Waals surface area contributed by atoms with Crippen molar-refractivity contribution in [2.24, 2.45) is 0 Å². The Bertz CT molecular complexity index is 4030. The average molecular weight is 919 g/mol. The third-order valence-electron chi connectivity index (χ3n) is 15.9. The molecule has 0 atom stereocenters. The fourth-order valence-electron chi connectivity index (χ4n) is 12.9. The summed E-state index contributed by atoms with van der Waals surface area (Å²) >= 11 is 0. The molecule has 0 amide bonds. The highest BCUT2D eigenvalue weighted by atomic mass is 15.2. The molecule has 2 nitrogen and oxygen atoms in total. The summed E-state index contributed by atoms with van der Waals surface area (Å²) in [6, 6.07) is 99.2. The van der Waals surface area contributed by atoms with Gasteiger partial charge in [0.25, 0.3) is 0 Å². The van der Waals surface area contributed by atoms with Crippen molar-refractivity contribution >= 4 is 38.9 Å². The van der Waals surface area contributed by atoms with Crippen LogP contribution in [0.1, 0.15) is 47.2 Å². The molecule has 1 spiro atoms. The molecular formula is C70H50N2. The number of nitrogens with zero attached hydrogens (tertiary/aromatic N) is 2. The highest BCUT2D eigenvalue weighted by Crippen LogP contribution is 2.63. The first kappa shape index (κ1) is 41.9. The van der Waals surface area contributed by atoms with Crippen molar-refractivity contribution in [2.75, 3.05) is 4.90 Å². The van der Waals surface area contributed by atoms with E-state index < -0.39 is 5.41 Å². The lowest BCUT2D eigenvalue weighted by molar-refractivity contribution is 0.563. The molecule has 0 N–H and O–H groups in total. The van der Waals surface area contributed by atoms with Crippen LogP contribution in [0.25, 0.3) is 72.0 Å². The third-order valence-corrected chi connectivity index (χ3v) is 15.9. The average Bonchev–Trinajstić information content (AvgIpc) is 3.95. The molecule has 0 radical (unpaired) electrons. The Kier molecular flexibility index (Phi) is 9.50. The Balaban J connectivity index is 1.07. The molecule has 2 aliphatic carbocycles. The molecule has 14 rings (SSSR count). The van der Waals surface area contributed by atoms with Crippen LogP contribution in [0.5, 0.6) is 0 Å². The second-order valence-corrected chi connectivity index (χ2v) is 19.9. The normalized spacial score (nSPS) is 13.6. The number of fused-ring (bicyclic) bond motifs is 12. The maximum absolute atomic E-state index is 2.55. The van der Waals surface area contributed by atoms with E-state index >= 15 is 0 Å². The topological polar surface area (TPSA) is 8.17 Å². The second kappa shape index (κ2) is 16.3. The van der Waals surface area contributed by atoms with Crippen molar-refractivity contribution in [3.05, 3.63) is 300 Å². The van der Waals surface area contributed by atoms with Gasteiger partial charge in [-0.15, -0.1) is 0 Å². The summed E-state index contributed by atoms with van der Waals surface area (Å²) in [6.45, 7) is 4.79. The molecule has 0 fully saturated rings. The minimum Gasteiger partial charge on any atom is -0.308 e. The standard InChI is InChI=1S/C70H50N2/c1-69(2)61-37-17-19-39-63(61)70(64-40-20-18-38-62(64)69)59-36-16-13-32-54(59)58-46-49(44-45-60(58)70)71(67-43-23-35-57-56-34-15-22-42-66(56)72(68(57)67)48-26-7-4-8-27-48)65-41-21-14-33-55(65)53-31-12-11-30-52(53)51-29-10-9-28-50(51)47-24-5-3-6-25-47/h3-46H,1-2H3. The van der Waals surface area contributed by atoms with Gasteiger partial charge in [-0.2, -0.15) is 0 Å². The number of aromatic nitrogens is 1. The lowest BCUT2D eigenvalue weighted by Crippen LogP contribution is -2.40. The van der Waals surface area contributed by atoms with E-state index in [1.54, 1.807) is 0 Å². The predicted molar refractivity (Wildman–Crippen MR) is 301 cm³/mol. The quantitative estimate of drug-likeness (QED) is 0.155. The van der Waals surface area contributed by atoms with Crippen molar-refractivity contribution in [3.8, 4) is 50.2 Å². The minimum atomic E-state index is -0.499. The molecule has 0 unspecified atom stereocenters. The zero-order valence-electron chi connectivity index (χ0n) is 40.3. The molecule has 1 aromatic heterocycles. The van der Waals surface area contributed by atoms with Gasteiger partial charge in [0, 0.05) is 33.1 Å². The summed E-state index contributed by atoms with van der Waals surface area (Å²) in [6.07, 6.45) is 0. The van der Waals surface area contributed by atoms with E-state index in [4.69, 9.17) is 0 Å². The number of hydrogen-bond acceptors (Lipinski definition) is 1. The largest absolute Gasteiger partial charge is 0.308 e. The van der Waals surface area contributed by atoms with Crippen LogP contribution in [-0.2, 0) is 10.8 Å². The summed E-state index contributed by atoms with van der Waals surface area (Å²) < 4.78 is 2.47. The van der Waals surface area contributed by atoms with Crippen LogP contribution in [0.15, 0.2) is 267 Å². The molecule has 11 aromatic carbocycles. The number of benzene rings is 11. The molecule has 0 saturated carbocycles. The van der Waals surface area contributed by atoms with Crippen molar-refractivity contribution in [2.45, 2.75) is 24.7 Å². The first-order chi connectivity index (χ1) is 35.5. The van der Waals surface area contributed by atoms with E-state index in [0.717, 1.165) is 33.8 Å². The van der Waals surface area contributed by atoms with Gasteiger partial charge in [0.05, 0.1) is 27.8 Å². The second-order valence-electron chi connectivity index (χ2n) is 19.9. The Morgan fingerprint density at radius 3 is 1.49 bits per heavy atom. The summed E-state index contributed by atoms with van der Waals surface area (Å²) in [5.74, 6) is 0. The number of rotatable bonds is 7. The molecule has 0 saturated heterocycles. The highest BCUT2D eigenvalue weighted by Gasteiger charge is 2.53. The SMILES string of the molecule is CC1(C)c2ccccc2C2(c3ccccc3-c3cc(N(c4ccccc4-c4ccccc4-c4ccccc4-c4ccccc4)c4cccc5c6ccccc6n(-c6ccccc6)c45)ccc32)c2ccccc21.